The van der Waals surface area contributed by atoms with E-state index in [-0.39, 0.29) is 24.2 Å². The van der Waals surface area contributed by atoms with Crippen LogP contribution in [-0.4, -0.2) is 11.9 Å². The minimum absolute atomic E-state index is 0.0578. The van der Waals surface area contributed by atoms with Crippen LogP contribution >= 0.6 is 0 Å². The zero-order valence-electron chi connectivity index (χ0n) is 13.3. The van der Waals surface area contributed by atoms with E-state index in [0.717, 1.165) is 5.56 Å². The highest BCUT2D eigenvalue weighted by atomic mass is 19.1. The summed E-state index contributed by atoms with van der Waals surface area (Å²) in [4.78, 5) is 12.0. The van der Waals surface area contributed by atoms with E-state index >= 15 is 0 Å². The quantitative estimate of drug-likeness (QED) is 0.859. The molecule has 0 saturated carbocycles. The highest BCUT2D eigenvalue weighted by Crippen LogP contribution is 2.19. The number of rotatable bonds is 6. The van der Waals surface area contributed by atoms with Crippen LogP contribution in [0.3, 0.4) is 0 Å². The van der Waals surface area contributed by atoms with E-state index in [0.29, 0.717) is 11.4 Å². The summed E-state index contributed by atoms with van der Waals surface area (Å²) in [5.74, 6) is 0.115. The number of nitrogens with one attached hydrogen (secondary N) is 1. The predicted octanol–water partition coefficient (Wildman–Crippen LogP) is 3.33. The Hall–Kier alpha value is -2.40. The molecule has 0 aliphatic rings. The van der Waals surface area contributed by atoms with Gasteiger partial charge in [0.2, 0.25) is 5.91 Å². The summed E-state index contributed by atoms with van der Waals surface area (Å²) in [5, 5.41) is 2.77. The van der Waals surface area contributed by atoms with Gasteiger partial charge in [0.1, 0.15) is 18.2 Å². The van der Waals surface area contributed by atoms with Crippen LogP contribution in [-0.2, 0) is 11.4 Å². The van der Waals surface area contributed by atoms with Crippen LogP contribution in [0.2, 0.25) is 0 Å². The maximum Gasteiger partial charge on any atom is 0.241 e. The van der Waals surface area contributed by atoms with Crippen LogP contribution in [0.4, 0.5) is 10.1 Å². The summed E-state index contributed by atoms with van der Waals surface area (Å²) in [6, 6.07) is 12.7. The van der Waals surface area contributed by atoms with Gasteiger partial charge in [-0.15, -0.1) is 0 Å². The van der Waals surface area contributed by atoms with Crippen LogP contribution in [0.5, 0.6) is 5.75 Å². The van der Waals surface area contributed by atoms with Gasteiger partial charge in [-0.3, -0.25) is 4.79 Å². The molecule has 1 amide bonds. The van der Waals surface area contributed by atoms with E-state index in [2.05, 4.69) is 5.32 Å². The van der Waals surface area contributed by atoms with Crippen molar-refractivity contribution in [2.45, 2.75) is 26.5 Å². The first-order valence-corrected chi connectivity index (χ1v) is 7.49. The third-order valence-corrected chi connectivity index (χ3v) is 3.42. The summed E-state index contributed by atoms with van der Waals surface area (Å²) in [5.41, 5.74) is 7.17. The number of carbonyl (C=O) groups is 1. The third kappa shape index (κ3) is 5.07. The topological polar surface area (TPSA) is 64.4 Å². The molecule has 0 aliphatic heterocycles. The summed E-state index contributed by atoms with van der Waals surface area (Å²) in [6.07, 6.45) is 0. The molecule has 0 unspecified atom stereocenters. The molecule has 1 atom stereocenters. The van der Waals surface area contributed by atoms with Crippen molar-refractivity contribution in [2.75, 3.05) is 5.32 Å². The summed E-state index contributed by atoms with van der Waals surface area (Å²) >= 11 is 0. The lowest BCUT2D eigenvalue weighted by atomic mass is 10.0. The molecular weight excluding hydrogens is 295 g/mol. The second-order valence-corrected chi connectivity index (χ2v) is 5.71. The number of amides is 1. The number of anilines is 1. The normalized spacial score (nSPS) is 12.0. The van der Waals surface area contributed by atoms with E-state index in [9.17, 15) is 9.18 Å². The predicted molar refractivity (Wildman–Crippen MR) is 88.6 cm³/mol. The van der Waals surface area contributed by atoms with Crippen molar-refractivity contribution < 1.29 is 13.9 Å². The standard InChI is InChI=1S/C18H21FN2O2/c1-12(2)17(20)18(22)21-15-7-4-8-16(10-15)23-11-13-5-3-6-14(19)9-13/h3-10,12,17H,11,20H2,1-2H3,(H,21,22)/t17-/m0/s1. The Morgan fingerprint density at radius 2 is 1.96 bits per heavy atom. The van der Waals surface area contributed by atoms with E-state index in [1.165, 1.54) is 12.1 Å². The molecule has 0 spiro atoms. The fourth-order valence-electron chi connectivity index (χ4n) is 1.99. The Morgan fingerprint density at radius 3 is 2.65 bits per heavy atom. The van der Waals surface area contributed by atoms with Crippen molar-refractivity contribution in [3.8, 4) is 5.75 Å². The monoisotopic (exact) mass is 316 g/mol. The molecule has 2 aromatic rings. The van der Waals surface area contributed by atoms with Gasteiger partial charge in [-0.25, -0.2) is 4.39 Å². The number of carbonyl (C=O) groups excluding carboxylic acids is 1. The first-order chi connectivity index (χ1) is 11.0. The minimum Gasteiger partial charge on any atom is -0.489 e. The van der Waals surface area contributed by atoms with Crippen molar-refractivity contribution in [3.63, 3.8) is 0 Å². The van der Waals surface area contributed by atoms with Crippen LogP contribution in [0.15, 0.2) is 48.5 Å². The molecule has 0 aliphatic carbocycles. The molecule has 3 N–H and O–H groups in total. The number of hydrogen-bond donors (Lipinski definition) is 2. The zero-order valence-corrected chi connectivity index (χ0v) is 13.3. The fraction of sp³-hybridized carbons (Fsp3) is 0.278. The van der Waals surface area contributed by atoms with Gasteiger partial charge in [0.05, 0.1) is 6.04 Å². The summed E-state index contributed by atoms with van der Waals surface area (Å²) in [7, 11) is 0. The van der Waals surface area contributed by atoms with Gasteiger partial charge in [0.15, 0.2) is 0 Å². The van der Waals surface area contributed by atoms with Gasteiger partial charge in [-0.05, 0) is 35.7 Å². The Morgan fingerprint density at radius 1 is 1.22 bits per heavy atom. The van der Waals surface area contributed by atoms with Gasteiger partial charge in [0, 0.05) is 11.8 Å². The second-order valence-electron chi connectivity index (χ2n) is 5.71. The van der Waals surface area contributed by atoms with Gasteiger partial charge in [0.25, 0.3) is 0 Å². The van der Waals surface area contributed by atoms with Crippen molar-refractivity contribution in [1.29, 1.82) is 0 Å². The van der Waals surface area contributed by atoms with Gasteiger partial charge >= 0.3 is 0 Å². The third-order valence-electron chi connectivity index (χ3n) is 3.42. The van der Waals surface area contributed by atoms with Gasteiger partial charge in [-0.1, -0.05) is 32.0 Å². The maximum atomic E-state index is 13.1. The molecule has 4 nitrogen and oxygen atoms in total. The molecule has 5 heteroatoms. The largest absolute Gasteiger partial charge is 0.489 e. The Bertz CT molecular complexity index is 674. The first kappa shape index (κ1) is 17.0. The number of ether oxygens (including phenoxy) is 1. The lowest BCUT2D eigenvalue weighted by Gasteiger charge is -2.15. The number of benzene rings is 2. The maximum absolute atomic E-state index is 13.1. The molecule has 0 saturated heterocycles. The van der Waals surface area contributed by atoms with E-state index < -0.39 is 6.04 Å². The van der Waals surface area contributed by atoms with Crippen molar-refractivity contribution in [1.82, 2.24) is 0 Å². The summed E-state index contributed by atoms with van der Waals surface area (Å²) in [6.45, 7) is 4.03. The number of nitrogens with two attached hydrogens (primary N) is 1. The molecular formula is C18H21FN2O2. The lowest BCUT2D eigenvalue weighted by Crippen LogP contribution is -2.39. The SMILES string of the molecule is CC(C)[C@H](N)C(=O)Nc1cccc(OCc2cccc(F)c2)c1. The van der Waals surface area contributed by atoms with E-state index in [4.69, 9.17) is 10.5 Å². The molecule has 2 aromatic carbocycles. The molecule has 0 aromatic heterocycles. The van der Waals surface area contributed by atoms with Crippen molar-refractivity contribution >= 4 is 11.6 Å². The van der Waals surface area contributed by atoms with Gasteiger partial charge in [-0.2, -0.15) is 0 Å². The van der Waals surface area contributed by atoms with Crippen LogP contribution in [0.25, 0.3) is 0 Å². The molecule has 122 valence electrons. The molecule has 0 heterocycles. The van der Waals surface area contributed by atoms with E-state index in [1.807, 2.05) is 13.8 Å². The highest BCUT2D eigenvalue weighted by Gasteiger charge is 2.17. The molecule has 0 fully saturated rings. The molecule has 0 radical (unpaired) electrons. The second kappa shape index (κ2) is 7.74. The Labute approximate surface area is 135 Å². The average Bonchev–Trinajstić information content (AvgIpc) is 2.52. The van der Waals surface area contributed by atoms with E-state index in [1.54, 1.807) is 36.4 Å². The highest BCUT2D eigenvalue weighted by molar-refractivity contribution is 5.94. The van der Waals surface area contributed by atoms with Crippen molar-refractivity contribution in [3.05, 3.63) is 59.9 Å². The van der Waals surface area contributed by atoms with Gasteiger partial charge < -0.3 is 15.8 Å². The van der Waals surface area contributed by atoms with Crippen molar-refractivity contribution in [2.24, 2.45) is 11.7 Å². The average molecular weight is 316 g/mol. The molecule has 23 heavy (non-hydrogen) atoms. The first-order valence-electron chi connectivity index (χ1n) is 7.49. The number of halogens is 1. The Balaban J connectivity index is 1.98. The number of hydrogen-bond acceptors (Lipinski definition) is 3. The Kier molecular flexibility index (Phi) is 5.71. The van der Waals surface area contributed by atoms with Crippen LogP contribution < -0.4 is 15.8 Å². The smallest absolute Gasteiger partial charge is 0.241 e. The van der Waals surface area contributed by atoms with Crippen LogP contribution in [0, 0.1) is 11.7 Å². The minimum atomic E-state index is -0.563. The van der Waals surface area contributed by atoms with Crippen LogP contribution in [0.1, 0.15) is 19.4 Å². The fourth-order valence-corrected chi connectivity index (χ4v) is 1.99. The molecule has 0 bridgehead atoms. The lowest BCUT2D eigenvalue weighted by molar-refractivity contribution is -0.118. The zero-order chi connectivity index (χ0) is 16.8. The molecule has 2 rings (SSSR count). The summed E-state index contributed by atoms with van der Waals surface area (Å²) < 4.78 is 18.8.